The van der Waals surface area contributed by atoms with Crippen LogP contribution in [0.3, 0.4) is 0 Å². The molecule has 1 nitrogen and oxygen atoms in total. The standard InChI is InChI=1S/C17H21F3O/c1-2-5-12-8-10-13(11-9-12)16(21)14-6-3-4-7-15(14)17(18,19)20/h3-4,6-7,12-13H,2,5,8-11H2,1H3. The van der Waals surface area contributed by atoms with Crippen LogP contribution in [-0.2, 0) is 6.18 Å². The Morgan fingerprint density at radius 3 is 2.33 bits per heavy atom. The molecule has 0 aliphatic heterocycles. The molecule has 4 heteroatoms. The largest absolute Gasteiger partial charge is 0.417 e. The number of alkyl halides is 3. The van der Waals surface area contributed by atoms with Crippen LogP contribution in [0, 0.1) is 11.8 Å². The van der Waals surface area contributed by atoms with Crippen LogP contribution in [0.5, 0.6) is 0 Å². The molecule has 0 aromatic heterocycles. The first kappa shape index (κ1) is 16.1. The molecule has 1 aromatic rings. The van der Waals surface area contributed by atoms with E-state index >= 15 is 0 Å². The van der Waals surface area contributed by atoms with Gasteiger partial charge in [0.05, 0.1) is 5.56 Å². The fourth-order valence-electron chi connectivity index (χ4n) is 3.29. The molecule has 0 heterocycles. The number of benzene rings is 1. The average molecular weight is 298 g/mol. The summed E-state index contributed by atoms with van der Waals surface area (Å²) in [7, 11) is 0. The summed E-state index contributed by atoms with van der Waals surface area (Å²) in [4.78, 5) is 12.4. The molecule has 0 atom stereocenters. The molecule has 1 saturated carbocycles. The van der Waals surface area contributed by atoms with Crippen LogP contribution in [0.25, 0.3) is 0 Å². The number of carbonyl (C=O) groups excluding carboxylic acids is 1. The van der Waals surface area contributed by atoms with Crippen LogP contribution in [0.2, 0.25) is 0 Å². The van der Waals surface area contributed by atoms with Gasteiger partial charge in [-0.25, -0.2) is 0 Å². The first-order valence-corrected chi connectivity index (χ1v) is 7.64. The molecule has 0 unspecified atom stereocenters. The summed E-state index contributed by atoms with van der Waals surface area (Å²) in [5, 5.41) is 0. The smallest absolute Gasteiger partial charge is 0.294 e. The topological polar surface area (TPSA) is 17.1 Å². The van der Waals surface area contributed by atoms with E-state index in [1.165, 1.54) is 18.2 Å². The highest BCUT2D eigenvalue weighted by atomic mass is 19.4. The Bertz CT molecular complexity index is 485. The van der Waals surface area contributed by atoms with E-state index in [0.29, 0.717) is 5.92 Å². The van der Waals surface area contributed by atoms with E-state index < -0.39 is 11.7 Å². The lowest BCUT2D eigenvalue weighted by Crippen LogP contribution is -2.24. The second kappa shape index (κ2) is 6.63. The summed E-state index contributed by atoms with van der Waals surface area (Å²) in [5.74, 6) is 0.0522. The summed E-state index contributed by atoms with van der Waals surface area (Å²) in [6.45, 7) is 2.14. The van der Waals surface area contributed by atoms with Gasteiger partial charge < -0.3 is 0 Å². The molecule has 1 fully saturated rings. The van der Waals surface area contributed by atoms with Crippen molar-refractivity contribution in [2.24, 2.45) is 11.8 Å². The molecule has 0 N–H and O–H groups in total. The van der Waals surface area contributed by atoms with Gasteiger partial charge in [0.2, 0.25) is 0 Å². The Kier molecular flexibility index (Phi) is 5.07. The fraction of sp³-hybridized carbons (Fsp3) is 0.588. The number of rotatable bonds is 4. The first-order chi connectivity index (χ1) is 9.93. The van der Waals surface area contributed by atoms with Crippen molar-refractivity contribution in [2.45, 2.75) is 51.6 Å². The Morgan fingerprint density at radius 1 is 1.14 bits per heavy atom. The summed E-state index contributed by atoms with van der Waals surface area (Å²) >= 11 is 0. The van der Waals surface area contributed by atoms with Crippen LogP contribution in [0.1, 0.15) is 61.4 Å². The molecule has 0 saturated heterocycles. The second-order valence-electron chi connectivity index (χ2n) is 5.91. The molecule has 1 aromatic carbocycles. The van der Waals surface area contributed by atoms with Crippen LogP contribution in [0.4, 0.5) is 13.2 Å². The number of hydrogen-bond acceptors (Lipinski definition) is 1. The molecular formula is C17H21F3O. The lowest BCUT2D eigenvalue weighted by atomic mass is 9.76. The molecule has 1 aliphatic carbocycles. The highest BCUT2D eigenvalue weighted by molar-refractivity contribution is 5.99. The van der Waals surface area contributed by atoms with Crippen molar-refractivity contribution in [3.63, 3.8) is 0 Å². The van der Waals surface area contributed by atoms with E-state index in [1.807, 2.05) is 0 Å². The van der Waals surface area contributed by atoms with Crippen molar-refractivity contribution < 1.29 is 18.0 Å². The van der Waals surface area contributed by atoms with Gasteiger partial charge in [-0.2, -0.15) is 13.2 Å². The molecule has 21 heavy (non-hydrogen) atoms. The number of hydrogen-bond donors (Lipinski definition) is 0. The lowest BCUT2D eigenvalue weighted by molar-refractivity contribution is -0.137. The van der Waals surface area contributed by atoms with Crippen molar-refractivity contribution in [1.82, 2.24) is 0 Å². The van der Waals surface area contributed by atoms with Gasteiger partial charge in [-0.05, 0) is 37.7 Å². The molecule has 1 aliphatic rings. The van der Waals surface area contributed by atoms with E-state index in [2.05, 4.69) is 6.92 Å². The Hall–Kier alpha value is -1.32. The van der Waals surface area contributed by atoms with Crippen LogP contribution in [0.15, 0.2) is 24.3 Å². The number of halogens is 3. The average Bonchev–Trinajstić information content (AvgIpc) is 2.47. The summed E-state index contributed by atoms with van der Waals surface area (Å²) in [5.41, 5.74) is -0.963. The van der Waals surface area contributed by atoms with Gasteiger partial charge in [0.1, 0.15) is 0 Å². The SMILES string of the molecule is CCCC1CCC(C(=O)c2ccccc2C(F)(F)F)CC1. The third-order valence-corrected chi connectivity index (χ3v) is 4.41. The van der Waals surface area contributed by atoms with E-state index in [-0.39, 0.29) is 17.3 Å². The Balaban J connectivity index is 2.12. The van der Waals surface area contributed by atoms with Crippen LogP contribution < -0.4 is 0 Å². The molecular weight excluding hydrogens is 277 g/mol. The number of ketones is 1. The zero-order chi connectivity index (χ0) is 15.5. The highest BCUT2D eigenvalue weighted by Crippen LogP contribution is 2.37. The molecule has 0 bridgehead atoms. The van der Waals surface area contributed by atoms with Crippen molar-refractivity contribution in [3.8, 4) is 0 Å². The Labute approximate surface area is 123 Å². The summed E-state index contributed by atoms with van der Waals surface area (Å²) in [6.07, 6.45) is 1.16. The quantitative estimate of drug-likeness (QED) is 0.671. The third-order valence-electron chi connectivity index (χ3n) is 4.41. The maximum absolute atomic E-state index is 13.0. The van der Waals surface area contributed by atoms with Crippen molar-refractivity contribution in [2.75, 3.05) is 0 Å². The predicted molar refractivity (Wildman–Crippen MR) is 76.1 cm³/mol. The van der Waals surface area contributed by atoms with Gasteiger partial charge in [-0.1, -0.05) is 38.0 Å². The summed E-state index contributed by atoms with van der Waals surface area (Å²) < 4.78 is 39.0. The number of Topliss-reactive ketones (excluding diaryl/α,β-unsaturated/α-hetero) is 1. The van der Waals surface area contributed by atoms with Crippen molar-refractivity contribution in [1.29, 1.82) is 0 Å². The van der Waals surface area contributed by atoms with Crippen molar-refractivity contribution >= 4 is 5.78 Å². The molecule has 0 amide bonds. The Morgan fingerprint density at radius 2 is 1.76 bits per heavy atom. The van der Waals surface area contributed by atoms with E-state index in [4.69, 9.17) is 0 Å². The second-order valence-corrected chi connectivity index (χ2v) is 5.91. The third kappa shape index (κ3) is 3.86. The first-order valence-electron chi connectivity index (χ1n) is 7.64. The molecule has 116 valence electrons. The van der Waals surface area contributed by atoms with Crippen LogP contribution >= 0.6 is 0 Å². The van der Waals surface area contributed by atoms with E-state index in [1.54, 1.807) is 0 Å². The highest BCUT2D eigenvalue weighted by Gasteiger charge is 2.37. The van der Waals surface area contributed by atoms with Crippen LogP contribution in [-0.4, -0.2) is 5.78 Å². The predicted octanol–water partition coefficient (Wildman–Crippen LogP) is 5.49. The molecule has 0 radical (unpaired) electrons. The zero-order valence-corrected chi connectivity index (χ0v) is 12.2. The van der Waals surface area contributed by atoms with Gasteiger partial charge in [0, 0.05) is 11.5 Å². The lowest BCUT2D eigenvalue weighted by Gasteiger charge is -2.28. The minimum absolute atomic E-state index is 0.163. The van der Waals surface area contributed by atoms with E-state index in [9.17, 15) is 18.0 Å². The zero-order valence-electron chi connectivity index (χ0n) is 12.2. The number of carbonyl (C=O) groups is 1. The summed E-state index contributed by atoms with van der Waals surface area (Å²) in [6, 6.07) is 5.14. The maximum atomic E-state index is 13.0. The van der Waals surface area contributed by atoms with Gasteiger partial charge in [-0.15, -0.1) is 0 Å². The van der Waals surface area contributed by atoms with Gasteiger partial charge in [0.25, 0.3) is 0 Å². The van der Waals surface area contributed by atoms with Gasteiger partial charge in [-0.3, -0.25) is 4.79 Å². The molecule has 0 spiro atoms. The maximum Gasteiger partial charge on any atom is 0.417 e. The van der Waals surface area contributed by atoms with Crippen molar-refractivity contribution in [3.05, 3.63) is 35.4 Å². The normalized spacial score (nSPS) is 23.0. The fourth-order valence-corrected chi connectivity index (χ4v) is 3.29. The minimum atomic E-state index is -4.47. The molecule has 2 rings (SSSR count). The van der Waals surface area contributed by atoms with Gasteiger partial charge in [0.15, 0.2) is 5.78 Å². The minimum Gasteiger partial charge on any atom is -0.294 e. The van der Waals surface area contributed by atoms with Gasteiger partial charge >= 0.3 is 6.18 Å². The van der Waals surface area contributed by atoms with E-state index in [0.717, 1.165) is 44.6 Å². The monoisotopic (exact) mass is 298 g/mol.